The van der Waals surface area contributed by atoms with Gasteiger partial charge in [-0.3, -0.25) is 5.32 Å². The molecule has 2 N–H and O–H groups in total. The molecule has 65 heavy (non-hydrogen) atoms. The summed E-state index contributed by atoms with van der Waals surface area (Å²) < 4.78 is 92.5. The minimum absolute atomic E-state index is 0.0371. The van der Waals surface area contributed by atoms with E-state index in [2.05, 4.69) is 20.3 Å². The quantitative estimate of drug-likeness (QED) is 0.0941. The van der Waals surface area contributed by atoms with Gasteiger partial charge in [-0.15, -0.1) is 0 Å². The van der Waals surface area contributed by atoms with Crippen LogP contribution in [0.4, 0.5) is 39.8 Å². The van der Waals surface area contributed by atoms with Gasteiger partial charge in [-0.2, -0.15) is 23.1 Å². The van der Waals surface area contributed by atoms with Gasteiger partial charge in [0.1, 0.15) is 47.7 Å². The SMILES string of the molecule is COc1ccc(CN(Cc2ccc(OC)cc2)c2cc(C)c(C(F)(F)F)c(-c3c(Cl)c4c5c(nc(OCC(C)(C)OC)nc5c3F)N([C@H](C)c3cccnc3NC(=O)O)CCO4)n2)cc1. The summed E-state index contributed by atoms with van der Waals surface area (Å²) in [4.78, 5) is 33.2. The van der Waals surface area contributed by atoms with E-state index in [1.165, 1.54) is 26.3 Å². The number of nitrogens with zero attached hydrogens (tertiary/aromatic N) is 6. The van der Waals surface area contributed by atoms with Crippen LogP contribution in [0, 0.1) is 12.7 Å². The highest BCUT2D eigenvalue weighted by molar-refractivity contribution is 6.36. The molecule has 342 valence electrons. The summed E-state index contributed by atoms with van der Waals surface area (Å²) in [5.41, 5.74) is -2.27. The van der Waals surface area contributed by atoms with E-state index in [0.29, 0.717) is 17.1 Å². The van der Waals surface area contributed by atoms with E-state index in [0.717, 1.165) is 11.1 Å². The van der Waals surface area contributed by atoms with Crippen LogP contribution in [-0.2, 0) is 24.0 Å². The number of methoxy groups -OCH3 is 3. The molecule has 1 aliphatic heterocycles. The largest absolute Gasteiger partial charge is 0.497 e. The number of benzene rings is 3. The zero-order valence-corrected chi connectivity index (χ0v) is 37.3. The molecule has 4 heterocycles. The lowest BCUT2D eigenvalue weighted by atomic mass is 9.98. The van der Waals surface area contributed by atoms with Crippen LogP contribution in [-0.4, -0.2) is 77.8 Å². The van der Waals surface area contributed by atoms with Crippen LogP contribution in [0.25, 0.3) is 22.2 Å². The van der Waals surface area contributed by atoms with E-state index in [-0.39, 0.29) is 73.0 Å². The number of hydrogen-bond donors (Lipinski definition) is 2. The molecule has 0 saturated heterocycles. The Morgan fingerprint density at radius 1 is 0.985 bits per heavy atom. The Balaban J connectivity index is 1.47. The second-order valence-corrected chi connectivity index (χ2v) is 16.2. The number of carbonyl (C=O) groups is 1. The van der Waals surface area contributed by atoms with Gasteiger partial charge in [0.25, 0.3) is 0 Å². The number of hydrogen-bond acceptors (Lipinski definition) is 12. The number of aromatic nitrogens is 4. The standard InChI is InChI=1S/C46H46ClF4N7O7/c1-25-21-32(57(22-27-10-14-29(61-5)15-11-27)23-28-12-16-30(62-6)17-13-28)53-38(35(25)46(49,50)51)33-36(47)40-34-39(37(33)48)54-43(65-24-45(3,4)63-7)56-42(34)58(19-20-64-40)26(2)31-9-8-18-52-41(31)55-44(59)60/h8-18,21,26H,19-20,22-24H2,1-7H3,(H,52,55)(H,59,60)/t26-/m1/s1. The molecule has 3 aromatic heterocycles. The summed E-state index contributed by atoms with van der Waals surface area (Å²) in [6, 6.07) is 18.0. The molecule has 0 aliphatic carbocycles. The van der Waals surface area contributed by atoms with Crippen molar-refractivity contribution in [2.45, 2.75) is 58.6 Å². The van der Waals surface area contributed by atoms with E-state index in [1.54, 1.807) is 81.2 Å². The Kier molecular flexibility index (Phi) is 13.4. The molecular weight excluding hydrogens is 874 g/mol. The number of nitrogens with one attached hydrogen (secondary N) is 1. The lowest BCUT2D eigenvalue weighted by Gasteiger charge is -2.31. The Bertz CT molecular complexity index is 2660. The maximum absolute atomic E-state index is 17.9. The van der Waals surface area contributed by atoms with Crippen LogP contribution in [0.5, 0.6) is 23.3 Å². The molecule has 19 heteroatoms. The number of rotatable bonds is 15. The van der Waals surface area contributed by atoms with Crippen molar-refractivity contribution in [2.24, 2.45) is 0 Å². The van der Waals surface area contributed by atoms with Gasteiger partial charge >= 0.3 is 18.3 Å². The number of pyridine rings is 2. The minimum atomic E-state index is -5.03. The van der Waals surface area contributed by atoms with Gasteiger partial charge in [0.2, 0.25) is 0 Å². The Labute approximate surface area is 377 Å². The molecule has 0 bridgehead atoms. The third-order valence-corrected chi connectivity index (χ3v) is 11.3. The second-order valence-electron chi connectivity index (χ2n) is 15.8. The first-order valence-corrected chi connectivity index (χ1v) is 20.7. The van der Waals surface area contributed by atoms with Crippen molar-refractivity contribution in [3.63, 3.8) is 0 Å². The normalized spacial score (nSPS) is 13.2. The molecule has 0 unspecified atom stereocenters. The fourth-order valence-electron chi connectivity index (χ4n) is 7.48. The van der Waals surface area contributed by atoms with E-state index >= 15 is 17.6 Å². The average Bonchev–Trinajstić information content (AvgIpc) is 3.47. The van der Waals surface area contributed by atoms with Gasteiger partial charge in [0, 0.05) is 32.0 Å². The summed E-state index contributed by atoms with van der Waals surface area (Å²) in [5.74, 6) is -0.0209. The Hall–Kier alpha value is -6.66. The van der Waals surface area contributed by atoms with Gasteiger partial charge in [0.15, 0.2) is 11.6 Å². The fraction of sp³-hybridized carbons (Fsp3) is 0.326. The first-order chi connectivity index (χ1) is 30.9. The molecule has 0 fully saturated rings. The molecule has 7 rings (SSSR count). The second kappa shape index (κ2) is 18.8. The van der Waals surface area contributed by atoms with Crippen molar-refractivity contribution in [3.8, 4) is 34.5 Å². The number of amides is 1. The number of anilines is 3. The van der Waals surface area contributed by atoms with Crippen LogP contribution < -0.4 is 34.1 Å². The molecule has 1 aliphatic rings. The van der Waals surface area contributed by atoms with Crippen LogP contribution in [0.2, 0.25) is 5.02 Å². The molecule has 0 radical (unpaired) electrons. The van der Waals surface area contributed by atoms with Crippen LogP contribution >= 0.6 is 11.6 Å². The zero-order valence-electron chi connectivity index (χ0n) is 36.5. The number of alkyl halides is 3. The summed E-state index contributed by atoms with van der Waals surface area (Å²) in [7, 11) is 4.56. The molecule has 1 atom stereocenters. The summed E-state index contributed by atoms with van der Waals surface area (Å²) >= 11 is 7.12. The maximum Gasteiger partial charge on any atom is 0.418 e. The molecule has 1 amide bonds. The molecule has 6 aromatic rings. The molecule has 0 saturated carbocycles. The van der Waals surface area contributed by atoms with Crippen LogP contribution in [0.3, 0.4) is 0 Å². The first-order valence-electron chi connectivity index (χ1n) is 20.3. The van der Waals surface area contributed by atoms with Crippen molar-refractivity contribution in [1.82, 2.24) is 19.9 Å². The van der Waals surface area contributed by atoms with E-state index in [4.69, 9.17) is 40.3 Å². The monoisotopic (exact) mass is 919 g/mol. The van der Waals surface area contributed by atoms with E-state index in [1.807, 2.05) is 24.3 Å². The van der Waals surface area contributed by atoms with Crippen molar-refractivity contribution >= 4 is 46.1 Å². The lowest BCUT2D eigenvalue weighted by molar-refractivity contribution is -0.137. The van der Waals surface area contributed by atoms with Crippen molar-refractivity contribution < 1.29 is 51.1 Å². The highest BCUT2D eigenvalue weighted by Crippen LogP contribution is 2.51. The predicted octanol–water partition coefficient (Wildman–Crippen LogP) is 10.3. The molecule has 14 nitrogen and oxygen atoms in total. The molecule has 3 aromatic carbocycles. The highest BCUT2D eigenvalue weighted by atomic mass is 35.5. The van der Waals surface area contributed by atoms with Crippen molar-refractivity contribution in [3.05, 3.63) is 112 Å². The first kappa shape index (κ1) is 46.3. The fourth-order valence-corrected chi connectivity index (χ4v) is 7.80. The smallest absolute Gasteiger partial charge is 0.418 e. The number of ether oxygens (including phenoxy) is 5. The van der Waals surface area contributed by atoms with Crippen LogP contribution in [0.15, 0.2) is 72.9 Å². The Morgan fingerprint density at radius 3 is 2.18 bits per heavy atom. The topological polar surface area (TPSA) is 154 Å². The summed E-state index contributed by atoms with van der Waals surface area (Å²) in [5, 5.41) is 11.3. The summed E-state index contributed by atoms with van der Waals surface area (Å²) in [6.45, 7) is 6.71. The molecule has 0 spiro atoms. The van der Waals surface area contributed by atoms with E-state index < -0.39 is 57.1 Å². The van der Waals surface area contributed by atoms with Gasteiger partial charge in [-0.05, 0) is 80.8 Å². The van der Waals surface area contributed by atoms with Gasteiger partial charge < -0.3 is 38.6 Å². The lowest BCUT2D eigenvalue weighted by Crippen LogP contribution is -2.33. The highest BCUT2D eigenvalue weighted by Gasteiger charge is 2.41. The van der Waals surface area contributed by atoms with Gasteiger partial charge in [-0.25, -0.2) is 19.2 Å². The van der Waals surface area contributed by atoms with Crippen molar-refractivity contribution in [2.75, 3.05) is 56.2 Å². The van der Waals surface area contributed by atoms with E-state index in [9.17, 15) is 9.90 Å². The average molecular weight is 920 g/mol. The Morgan fingerprint density at radius 2 is 1.62 bits per heavy atom. The third-order valence-electron chi connectivity index (χ3n) is 11.0. The van der Waals surface area contributed by atoms with Crippen molar-refractivity contribution in [1.29, 1.82) is 0 Å². The third kappa shape index (κ3) is 9.88. The summed E-state index contributed by atoms with van der Waals surface area (Å²) in [6.07, 6.45) is -4.96. The maximum atomic E-state index is 17.9. The number of aryl methyl sites for hydroxylation is 1. The molecular formula is C46H46ClF4N7O7. The number of carboxylic acid groups (broad SMARTS) is 1. The predicted molar refractivity (Wildman–Crippen MR) is 237 cm³/mol. The van der Waals surface area contributed by atoms with Gasteiger partial charge in [-0.1, -0.05) is 41.9 Å². The number of halogens is 5. The van der Waals surface area contributed by atoms with Crippen LogP contribution in [0.1, 0.15) is 54.6 Å². The zero-order chi connectivity index (χ0) is 46.8. The van der Waals surface area contributed by atoms with Gasteiger partial charge in [0.05, 0.1) is 59.6 Å². The minimum Gasteiger partial charge on any atom is -0.497 e.